The predicted octanol–water partition coefficient (Wildman–Crippen LogP) is 3.41. The van der Waals surface area contributed by atoms with Crippen LogP contribution in [-0.2, 0) is 4.79 Å². The van der Waals surface area contributed by atoms with Crippen LogP contribution in [0.5, 0.6) is 0 Å². The summed E-state index contributed by atoms with van der Waals surface area (Å²) in [5.74, 6) is -0.298. The van der Waals surface area contributed by atoms with Crippen molar-refractivity contribution in [3.05, 3.63) is 64.8 Å². The van der Waals surface area contributed by atoms with Crippen molar-refractivity contribution < 1.29 is 9.59 Å². The highest BCUT2D eigenvalue weighted by Crippen LogP contribution is 2.31. The second kappa shape index (κ2) is 8.79. The van der Waals surface area contributed by atoms with Gasteiger partial charge in [0.25, 0.3) is 11.1 Å². The van der Waals surface area contributed by atoms with E-state index >= 15 is 0 Å². The number of hydrogen-bond acceptors (Lipinski definition) is 5. The first-order valence-electron chi connectivity index (χ1n) is 8.30. The molecule has 0 saturated carbocycles. The largest absolute Gasteiger partial charge is 0.361 e. The summed E-state index contributed by atoms with van der Waals surface area (Å²) in [5, 5.41) is 6.26. The van der Waals surface area contributed by atoms with Gasteiger partial charge in [-0.3, -0.25) is 19.5 Å². The van der Waals surface area contributed by atoms with Crippen LogP contribution in [0, 0.1) is 6.92 Å². The molecule has 27 heavy (non-hydrogen) atoms. The molecule has 0 unspecified atom stereocenters. The number of aryl methyl sites for hydroxylation is 1. The third-order valence-corrected chi connectivity index (χ3v) is 4.91. The lowest BCUT2D eigenvalue weighted by Crippen LogP contribution is -2.38. The quantitative estimate of drug-likeness (QED) is 0.590. The molecular weight excluding hydrogens is 380 g/mol. The molecule has 0 bridgehead atoms. The van der Waals surface area contributed by atoms with E-state index in [1.807, 2.05) is 37.3 Å². The van der Waals surface area contributed by atoms with E-state index in [4.69, 9.17) is 12.2 Å². The van der Waals surface area contributed by atoms with Crippen molar-refractivity contribution >= 4 is 52.0 Å². The average molecular weight is 399 g/mol. The van der Waals surface area contributed by atoms with E-state index in [0.29, 0.717) is 16.6 Å². The maximum Gasteiger partial charge on any atom is 0.293 e. The number of aromatic nitrogens is 1. The zero-order valence-electron chi connectivity index (χ0n) is 14.6. The van der Waals surface area contributed by atoms with Crippen LogP contribution in [0.1, 0.15) is 11.1 Å². The summed E-state index contributed by atoms with van der Waals surface area (Å²) >= 11 is 6.19. The van der Waals surface area contributed by atoms with E-state index in [1.54, 1.807) is 24.5 Å². The third-order valence-electron chi connectivity index (χ3n) is 3.75. The number of thioether (sulfide) groups is 1. The van der Waals surface area contributed by atoms with Crippen molar-refractivity contribution in [1.82, 2.24) is 15.2 Å². The van der Waals surface area contributed by atoms with Crippen LogP contribution in [0.4, 0.5) is 10.5 Å². The van der Waals surface area contributed by atoms with Crippen LogP contribution < -0.4 is 10.6 Å². The first-order valence-corrected chi connectivity index (χ1v) is 9.52. The fourth-order valence-electron chi connectivity index (χ4n) is 2.48. The Morgan fingerprint density at radius 3 is 2.89 bits per heavy atom. The number of rotatable bonds is 5. The predicted molar refractivity (Wildman–Crippen MR) is 112 cm³/mol. The molecule has 0 spiro atoms. The minimum atomic E-state index is -0.298. The van der Waals surface area contributed by atoms with Crippen molar-refractivity contribution in [2.24, 2.45) is 0 Å². The monoisotopic (exact) mass is 398 g/mol. The molecule has 2 heterocycles. The summed E-state index contributed by atoms with van der Waals surface area (Å²) in [6.45, 7) is 2.61. The maximum absolute atomic E-state index is 12.4. The SMILES string of the molecule is Cc1cccc(NC(=S)NCCN2C(=O)S/C(=C\c3cccnc3)C2=O)c1. The summed E-state index contributed by atoms with van der Waals surface area (Å²) < 4.78 is 0. The zero-order chi connectivity index (χ0) is 19.2. The maximum atomic E-state index is 12.4. The molecule has 1 fully saturated rings. The molecule has 8 heteroatoms. The van der Waals surface area contributed by atoms with Gasteiger partial charge in [-0.1, -0.05) is 18.2 Å². The number of pyridine rings is 1. The number of carbonyl (C=O) groups excluding carboxylic acids is 2. The zero-order valence-corrected chi connectivity index (χ0v) is 16.3. The topological polar surface area (TPSA) is 74.3 Å². The normalized spacial score (nSPS) is 15.3. The van der Waals surface area contributed by atoms with Crippen LogP contribution in [0.3, 0.4) is 0 Å². The van der Waals surface area contributed by atoms with Crippen LogP contribution in [-0.4, -0.2) is 39.2 Å². The average Bonchev–Trinajstić information content (AvgIpc) is 2.90. The Kier molecular flexibility index (Phi) is 6.20. The summed E-state index contributed by atoms with van der Waals surface area (Å²) in [6.07, 6.45) is 4.97. The number of carbonyl (C=O) groups is 2. The van der Waals surface area contributed by atoms with Crippen molar-refractivity contribution in [2.75, 3.05) is 18.4 Å². The molecule has 3 rings (SSSR count). The van der Waals surface area contributed by atoms with E-state index in [1.165, 1.54) is 4.90 Å². The van der Waals surface area contributed by atoms with Gasteiger partial charge in [0.1, 0.15) is 0 Å². The van der Waals surface area contributed by atoms with Gasteiger partial charge < -0.3 is 10.6 Å². The van der Waals surface area contributed by atoms with E-state index < -0.39 is 0 Å². The summed E-state index contributed by atoms with van der Waals surface area (Å²) in [6, 6.07) is 11.4. The van der Waals surface area contributed by atoms with Gasteiger partial charge in [0.2, 0.25) is 0 Å². The lowest BCUT2D eigenvalue weighted by Gasteiger charge is -2.15. The highest BCUT2D eigenvalue weighted by atomic mass is 32.2. The smallest absolute Gasteiger partial charge is 0.293 e. The van der Waals surface area contributed by atoms with Crippen molar-refractivity contribution in [3.8, 4) is 0 Å². The lowest BCUT2D eigenvalue weighted by molar-refractivity contribution is -0.122. The van der Waals surface area contributed by atoms with Crippen LogP contribution in [0.2, 0.25) is 0 Å². The molecule has 2 amide bonds. The standard InChI is InChI=1S/C19H18N4O2S2/c1-13-4-2-6-15(10-13)22-18(26)21-8-9-23-17(24)16(27-19(23)25)11-14-5-3-7-20-12-14/h2-7,10-12H,8-9H2,1H3,(H2,21,22,26)/b16-11-. The van der Waals surface area contributed by atoms with Crippen molar-refractivity contribution in [1.29, 1.82) is 0 Å². The highest BCUT2D eigenvalue weighted by molar-refractivity contribution is 8.18. The molecule has 6 nitrogen and oxygen atoms in total. The van der Waals surface area contributed by atoms with Gasteiger partial charge in [0.05, 0.1) is 4.91 Å². The molecule has 1 aromatic heterocycles. The molecule has 1 aliphatic heterocycles. The van der Waals surface area contributed by atoms with Gasteiger partial charge in [-0.25, -0.2) is 0 Å². The lowest BCUT2D eigenvalue weighted by atomic mass is 10.2. The fraction of sp³-hybridized carbons (Fsp3) is 0.158. The molecule has 0 radical (unpaired) electrons. The second-order valence-electron chi connectivity index (χ2n) is 5.87. The number of imide groups is 1. The summed E-state index contributed by atoms with van der Waals surface area (Å²) in [4.78, 5) is 30.2. The minimum absolute atomic E-state index is 0.241. The van der Waals surface area contributed by atoms with E-state index in [9.17, 15) is 9.59 Å². The van der Waals surface area contributed by atoms with Crippen LogP contribution in [0.15, 0.2) is 53.7 Å². The Hall–Kier alpha value is -2.71. The summed E-state index contributed by atoms with van der Waals surface area (Å²) in [5.41, 5.74) is 2.80. The Morgan fingerprint density at radius 2 is 2.15 bits per heavy atom. The number of nitrogens with one attached hydrogen (secondary N) is 2. The van der Waals surface area contributed by atoms with E-state index in [0.717, 1.165) is 28.6 Å². The first kappa shape index (κ1) is 19.1. The third kappa shape index (κ3) is 5.15. The Labute approximate surface area is 167 Å². The molecule has 2 N–H and O–H groups in total. The van der Waals surface area contributed by atoms with E-state index in [-0.39, 0.29) is 17.7 Å². The van der Waals surface area contributed by atoms with Crippen LogP contribution in [0.25, 0.3) is 6.08 Å². The highest BCUT2D eigenvalue weighted by Gasteiger charge is 2.34. The Morgan fingerprint density at radius 1 is 1.30 bits per heavy atom. The van der Waals surface area contributed by atoms with Crippen molar-refractivity contribution in [3.63, 3.8) is 0 Å². The molecule has 1 aromatic carbocycles. The molecule has 138 valence electrons. The minimum Gasteiger partial charge on any atom is -0.361 e. The Bertz CT molecular complexity index is 900. The molecule has 1 aliphatic rings. The number of thiocarbonyl (C=S) groups is 1. The Balaban J connectivity index is 1.52. The number of hydrogen-bond donors (Lipinski definition) is 2. The summed E-state index contributed by atoms with van der Waals surface area (Å²) in [7, 11) is 0. The second-order valence-corrected chi connectivity index (χ2v) is 7.27. The van der Waals surface area contributed by atoms with Gasteiger partial charge in [-0.05, 0) is 66.3 Å². The fourth-order valence-corrected chi connectivity index (χ4v) is 3.57. The van der Waals surface area contributed by atoms with Crippen molar-refractivity contribution in [2.45, 2.75) is 6.92 Å². The van der Waals surface area contributed by atoms with Gasteiger partial charge >= 0.3 is 0 Å². The first-order chi connectivity index (χ1) is 13.0. The van der Waals surface area contributed by atoms with Crippen LogP contribution >= 0.6 is 24.0 Å². The van der Waals surface area contributed by atoms with Gasteiger partial charge in [-0.15, -0.1) is 0 Å². The molecule has 0 aliphatic carbocycles. The van der Waals surface area contributed by atoms with Gasteiger partial charge in [0.15, 0.2) is 5.11 Å². The number of benzene rings is 1. The van der Waals surface area contributed by atoms with Gasteiger partial charge in [0, 0.05) is 31.2 Å². The molecule has 0 atom stereocenters. The molecular formula is C19H18N4O2S2. The van der Waals surface area contributed by atoms with Gasteiger partial charge in [-0.2, -0.15) is 0 Å². The van der Waals surface area contributed by atoms with E-state index in [2.05, 4.69) is 15.6 Å². The molecule has 2 aromatic rings. The number of nitrogens with zero attached hydrogens (tertiary/aromatic N) is 2. The number of anilines is 1. The number of amides is 2. The molecule has 1 saturated heterocycles.